The van der Waals surface area contributed by atoms with Gasteiger partial charge in [-0.3, -0.25) is 19.3 Å². The van der Waals surface area contributed by atoms with Gasteiger partial charge in [-0.05, 0) is 31.4 Å². The van der Waals surface area contributed by atoms with Crippen molar-refractivity contribution in [2.24, 2.45) is 5.92 Å². The number of carbonyl (C=O) groups excluding carboxylic acids is 3. The zero-order valence-corrected chi connectivity index (χ0v) is 15.9. The molecule has 27 heavy (non-hydrogen) atoms. The van der Waals surface area contributed by atoms with Crippen LogP contribution in [0.15, 0.2) is 24.3 Å². The molecule has 146 valence electrons. The van der Waals surface area contributed by atoms with E-state index < -0.39 is 10.0 Å². The molecular weight excluding hydrogens is 372 g/mol. The lowest BCUT2D eigenvalue weighted by molar-refractivity contribution is -0.149. The third-order valence-electron chi connectivity index (χ3n) is 4.90. The molecule has 2 amide bonds. The molecule has 9 heteroatoms. The highest BCUT2D eigenvalue weighted by Crippen LogP contribution is 2.23. The van der Waals surface area contributed by atoms with Crippen LogP contribution in [0.25, 0.3) is 0 Å². The molecule has 0 unspecified atom stereocenters. The summed E-state index contributed by atoms with van der Waals surface area (Å²) in [6.07, 6.45) is 2.39. The molecule has 0 aliphatic carbocycles. The highest BCUT2D eigenvalue weighted by molar-refractivity contribution is 7.88. The Bertz CT molecular complexity index is 823. The Balaban J connectivity index is 1.42. The minimum atomic E-state index is -3.23. The standard InChI is InChI=1S/C18H22N2O6S/c1-27(24,25)19-10-7-13(8-11-19)18(23)26-12-4-9-20-16(21)14-5-2-3-6-15(14)17(20)22/h2-3,5-6,13H,4,7-12H2,1H3. The monoisotopic (exact) mass is 394 g/mol. The first-order chi connectivity index (χ1) is 12.8. The molecule has 8 nitrogen and oxygen atoms in total. The van der Waals surface area contributed by atoms with Crippen molar-refractivity contribution in [2.45, 2.75) is 19.3 Å². The van der Waals surface area contributed by atoms with Crippen LogP contribution in [0.5, 0.6) is 0 Å². The molecule has 1 aromatic carbocycles. The molecule has 0 spiro atoms. The fourth-order valence-corrected chi connectivity index (χ4v) is 4.25. The van der Waals surface area contributed by atoms with Gasteiger partial charge in [-0.1, -0.05) is 12.1 Å². The van der Waals surface area contributed by atoms with Crippen LogP contribution in [0, 0.1) is 5.92 Å². The van der Waals surface area contributed by atoms with E-state index in [-0.39, 0.29) is 36.9 Å². The first-order valence-corrected chi connectivity index (χ1v) is 10.7. The Morgan fingerprint density at radius 1 is 1.11 bits per heavy atom. The Kier molecular flexibility index (Phi) is 5.61. The molecule has 1 aromatic rings. The van der Waals surface area contributed by atoms with Crippen LogP contribution in [-0.4, -0.2) is 67.9 Å². The number of nitrogens with zero attached hydrogens (tertiary/aromatic N) is 2. The molecule has 0 bridgehead atoms. The van der Waals surface area contributed by atoms with E-state index in [1.54, 1.807) is 24.3 Å². The van der Waals surface area contributed by atoms with Crippen LogP contribution >= 0.6 is 0 Å². The fraction of sp³-hybridized carbons (Fsp3) is 0.500. The molecule has 0 N–H and O–H groups in total. The average molecular weight is 394 g/mol. The molecular formula is C18H22N2O6S. The van der Waals surface area contributed by atoms with Gasteiger partial charge in [0.05, 0.1) is 29.9 Å². The summed E-state index contributed by atoms with van der Waals surface area (Å²) in [6.45, 7) is 0.923. The van der Waals surface area contributed by atoms with Crippen LogP contribution in [0.1, 0.15) is 40.0 Å². The van der Waals surface area contributed by atoms with E-state index in [1.807, 2.05) is 0 Å². The molecule has 0 atom stereocenters. The fourth-order valence-electron chi connectivity index (χ4n) is 3.38. The smallest absolute Gasteiger partial charge is 0.309 e. The number of imide groups is 1. The summed E-state index contributed by atoms with van der Waals surface area (Å²) in [6, 6.07) is 6.67. The second kappa shape index (κ2) is 7.77. The van der Waals surface area contributed by atoms with Crippen molar-refractivity contribution in [1.82, 2.24) is 9.21 Å². The summed E-state index contributed by atoms with van der Waals surface area (Å²) in [5.41, 5.74) is 0.800. The van der Waals surface area contributed by atoms with Gasteiger partial charge in [0.2, 0.25) is 10.0 Å². The van der Waals surface area contributed by atoms with Gasteiger partial charge in [0.25, 0.3) is 11.8 Å². The van der Waals surface area contributed by atoms with Crippen LogP contribution < -0.4 is 0 Å². The number of hydrogen-bond acceptors (Lipinski definition) is 6. The minimum absolute atomic E-state index is 0.110. The maximum atomic E-state index is 12.2. The molecule has 1 fully saturated rings. The largest absolute Gasteiger partial charge is 0.465 e. The second-order valence-corrected chi connectivity index (χ2v) is 8.75. The summed E-state index contributed by atoms with van der Waals surface area (Å²) < 4.78 is 29.6. The molecule has 2 heterocycles. The highest BCUT2D eigenvalue weighted by Gasteiger charge is 2.34. The lowest BCUT2D eigenvalue weighted by Crippen LogP contribution is -2.40. The number of amides is 2. The molecule has 2 aliphatic rings. The third-order valence-corrected chi connectivity index (χ3v) is 6.21. The maximum absolute atomic E-state index is 12.2. The summed E-state index contributed by atoms with van der Waals surface area (Å²) in [4.78, 5) is 37.8. The highest BCUT2D eigenvalue weighted by atomic mass is 32.2. The van der Waals surface area contributed by atoms with Crippen molar-refractivity contribution >= 4 is 27.8 Å². The van der Waals surface area contributed by atoms with Gasteiger partial charge in [-0.25, -0.2) is 12.7 Å². The predicted molar refractivity (Wildman–Crippen MR) is 96.5 cm³/mol. The molecule has 0 radical (unpaired) electrons. The van der Waals surface area contributed by atoms with E-state index in [1.165, 1.54) is 9.21 Å². The lowest BCUT2D eigenvalue weighted by Gasteiger charge is -2.28. The number of esters is 1. The molecule has 1 saturated heterocycles. The van der Waals surface area contributed by atoms with E-state index in [2.05, 4.69) is 0 Å². The number of piperidine rings is 1. The van der Waals surface area contributed by atoms with Gasteiger partial charge in [-0.15, -0.1) is 0 Å². The van der Waals surface area contributed by atoms with E-state index in [9.17, 15) is 22.8 Å². The maximum Gasteiger partial charge on any atom is 0.309 e. The van der Waals surface area contributed by atoms with Gasteiger partial charge in [0.1, 0.15) is 0 Å². The number of hydrogen-bond donors (Lipinski definition) is 0. The quantitative estimate of drug-likeness (QED) is 0.403. The van der Waals surface area contributed by atoms with Crippen molar-refractivity contribution in [3.05, 3.63) is 35.4 Å². The summed E-state index contributed by atoms with van der Waals surface area (Å²) >= 11 is 0. The van der Waals surface area contributed by atoms with E-state index in [0.717, 1.165) is 6.26 Å². The van der Waals surface area contributed by atoms with Gasteiger partial charge in [0.15, 0.2) is 0 Å². The van der Waals surface area contributed by atoms with E-state index in [4.69, 9.17) is 4.74 Å². The number of benzene rings is 1. The summed E-state index contributed by atoms with van der Waals surface area (Å²) in [5.74, 6) is -1.32. The lowest BCUT2D eigenvalue weighted by atomic mass is 9.98. The van der Waals surface area contributed by atoms with Crippen molar-refractivity contribution in [3.8, 4) is 0 Å². The Labute approximate surface area is 158 Å². The van der Waals surface area contributed by atoms with Crippen molar-refractivity contribution in [3.63, 3.8) is 0 Å². The number of carbonyl (C=O) groups is 3. The second-order valence-electron chi connectivity index (χ2n) is 6.76. The normalized spacial score (nSPS) is 18.6. The van der Waals surface area contributed by atoms with Gasteiger partial charge in [0, 0.05) is 19.6 Å². The van der Waals surface area contributed by atoms with Crippen molar-refractivity contribution in [1.29, 1.82) is 0 Å². The van der Waals surface area contributed by atoms with Gasteiger partial charge in [-0.2, -0.15) is 0 Å². The molecule has 0 aromatic heterocycles. The zero-order chi connectivity index (χ0) is 19.6. The van der Waals surface area contributed by atoms with Crippen LogP contribution in [0.2, 0.25) is 0 Å². The first kappa shape index (κ1) is 19.5. The molecule has 3 rings (SSSR count). The van der Waals surface area contributed by atoms with Crippen LogP contribution in [-0.2, 0) is 19.6 Å². The molecule has 2 aliphatic heterocycles. The van der Waals surface area contributed by atoms with E-state index in [0.29, 0.717) is 43.5 Å². The number of rotatable bonds is 6. The predicted octanol–water partition coefficient (Wildman–Crippen LogP) is 0.888. The van der Waals surface area contributed by atoms with Crippen molar-refractivity contribution in [2.75, 3.05) is 32.5 Å². The number of ether oxygens (including phenoxy) is 1. The minimum Gasteiger partial charge on any atom is -0.465 e. The summed E-state index contributed by atoms with van der Waals surface area (Å²) in [5, 5.41) is 0. The van der Waals surface area contributed by atoms with Crippen LogP contribution in [0.3, 0.4) is 0 Å². The topological polar surface area (TPSA) is 101 Å². The molecule has 0 saturated carbocycles. The first-order valence-electron chi connectivity index (χ1n) is 8.86. The zero-order valence-electron chi connectivity index (χ0n) is 15.1. The summed E-state index contributed by atoms with van der Waals surface area (Å²) in [7, 11) is -3.23. The van der Waals surface area contributed by atoms with Crippen molar-refractivity contribution < 1.29 is 27.5 Å². The third kappa shape index (κ3) is 4.19. The Morgan fingerprint density at radius 2 is 1.67 bits per heavy atom. The Hall–Kier alpha value is -2.26. The van der Waals surface area contributed by atoms with Gasteiger partial charge < -0.3 is 4.74 Å². The Morgan fingerprint density at radius 3 is 2.19 bits per heavy atom. The average Bonchev–Trinajstić information content (AvgIpc) is 2.89. The van der Waals surface area contributed by atoms with E-state index >= 15 is 0 Å². The number of fused-ring (bicyclic) bond motifs is 1. The SMILES string of the molecule is CS(=O)(=O)N1CCC(C(=O)OCCCN2C(=O)c3ccccc3C2=O)CC1. The van der Waals surface area contributed by atoms with Gasteiger partial charge >= 0.3 is 5.97 Å². The van der Waals surface area contributed by atoms with Crippen LogP contribution in [0.4, 0.5) is 0 Å². The number of sulfonamides is 1.